The number of Topliss-reactive ketones (excluding diaryl/α,β-unsaturated/α-hetero) is 1. The summed E-state index contributed by atoms with van der Waals surface area (Å²) in [6.07, 6.45) is 0. The van der Waals surface area contributed by atoms with E-state index >= 15 is 0 Å². The number of carbonyl (C=O) groups is 2. The summed E-state index contributed by atoms with van der Waals surface area (Å²) in [5.41, 5.74) is 1.35. The van der Waals surface area contributed by atoms with Crippen LogP contribution in [-0.2, 0) is 9.59 Å². The van der Waals surface area contributed by atoms with Crippen molar-refractivity contribution >= 4 is 33.9 Å². The summed E-state index contributed by atoms with van der Waals surface area (Å²) in [6.45, 7) is 3.69. The van der Waals surface area contributed by atoms with Crippen molar-refractivity contribution in [2.45, 2.75) is 19.9 Å². The van der Waals surface area contributed by atoms with Gasteiger partial charge in [-0.05, 0) is 55.8 Å². The van der Waals surface area contributed by atoms with Gasteiger partial charge in [-0.15, -0.1) is 11.3 Å². The van der Waals surface area contributed by atoms with E-state index in [0.29, 0.717) is 22.2 Å². The highest BCUT2D eigenvalue weighted by molar-refractivity contribution is 7.16. The van der Waals surface area contributed by atoms with Crippen LogP contribution in [0.5, 0.6) is 11.5 Å². The molecule has 0 aliphatic carbocycles. The second kappa shape index (κ2) is 8.67. The summed E-state index contributed by atoms with van der Waals surface area (Å²) in [4.78, 5) is 33.0. The first-order valence-corrected chi connectivity index (χ1v) is 10.8. The van der Waals surface area contributed by atoms with E-state index in [-0.39, 0.29) is 11.1 Å². The highest BCUT2D eigenvalue weighted by Gasteiger charge is 2.48. The summed E-state index contributed by atoms with van der Waals surface area (Å²) < 4.78 is 24.1. The molecular weight excluding hydrogens is 447 g/mol. The van der Waals surface area contributed by atoms with E-state index in [1.54, 1.807) is 18.2 Å². The fraction of sp³-hybridized carbons (Fsp3) is 0.208. The van der Waals surface area contributed by atoms with Crippen LogP contribution in [0.2, 0.25) is 0 Å². The summed E-state index contributed by atoms with van der Waals surface area (Å²) in [6, 6.07) is 9.06. The number of aromatic nitrogens is 1. The summed E-state index contributed by atoms with van der Waals surface area (Å²) >= 11 is 1.28. The lowest BCUT2D eigenvalue weighted by molar-refractivity contribution is -0.132. The van der Waals surface area contributed by atoms with E-state index in [1.165, 1.54) is 54.7 Å². The van der Waals surface area contributed by atoms with Crippen molar-refractivity contribution in [3.05, 3.63) is 75.6 Å². The lowest BCUT2D eigenvalue weighted by Gasteiger charge is -2.23. The number of aryl methyl sites for hydroxylation is 2. The molecule has 0 radical (unpaired) electrons. The predicted molar refractivity (Wildman–Crippen MR) is 122 cm³/mol. The van der Waals surface area contributed by atoms with Crippen molar-refractivity contribution < 1.29 is 28.6 Å². The van der Waals surface area contributed by atoms with Crippen LogP contribution in [0, 0.1) is 19.7 Å². The molecule has 0 spiro atoms. The molecule has 0 bridgehead atoms. The van der Waals surface area contributed by atoms with Gasteiger partial charge in [0.1, 0.15) is 11.6 Å². The molecule has 9 heteroatoms. The standard InChI is InChI=1S/C24H21FN2O5S/c1-12-13(2)33-24(26-12)27-20(15-7-10-17(31-3)18(11-15)32-4)19(22(29)23(27)30)21(28)14-5-8-16(25)9-6-14/h5-11,20,28H,1-4H3/b21-19+/t20-/m0/s1. The Morgan fingerprint density at radius 3 is 2.30 bits per heavy atom. The van der Waals surface area contributed by atoms with Crippen molar-refractivity contribution in [2.24, 2.45) is 0 Å². The number of aliphatic hydroxyl groups is 1. The third-order valence-corrected chi connectivity index (χ3v) is 6.58. The lowest BCUT2D eigenvalue weighted by Crippen LogP contribution is -2.29. The number of nitrogens with zero attached hydrogens (tertiary/aromatic N) is 2. The second-order valence-electron chi connectivity index (χ2n) is 7.43. The van der Waals surface area contributed by atoms with E-state index in [0.717, 1.165) is 10.6 Å². The van der Waals surface area contributed by atoms with Crippen molar-refractivity contribution in [3.63, 3.8) is 0 Å². The van der Waals surface area contributed by atoms with Gasteiger partial charge in [0, 0.05) is 10.4 Å². The monoisotopic (exact) mass is 468 g/mol. The van der Waals surface area contributed by atoms with E-state index < -0.39 is 29.3 Å². The van der Waals surface area contributed by atoms with Gasteiger partial charge in [-0.3, -0.25) is 14.5 Å². The molecule has 170 valence electrons. The van der Waals surface area contributed by atoms with Crippen LogP contribution in [0.25, 0.3) is 5.76 Å². The highest BCUT2D eigenvalue weighted by Crippen LogP contribution is 2.45. The number of rotatable bonds is 5. The average molecular weight is 469 g/mol. The summed E-state index contributed by atoms with van der Waals surface area (Å²) in [5.74, 6) is -1.70. The maximum absolute atomic E-state index is 13.4. The van der Waals surface area contributed by atoms with Gasteiger partial charge in [-0.2, -0.15) is 0 Å². The van der Waals surface area contributed by atoms with Crippen LogP contribution in [-0.4, -0.2) is 36.0 Å². The van der Waals surface area contributed by atoms with Gasteiger partial charge in [-0.25, -0.2) is 9.37 Å². The highest BCUT2D eigenvalue weighted by atomic mass is 32.1. The van der Waals surface area contributed by atoms with Crippen molar-refractivity contribution in [1.29, 1.82) is 0 Å². The Hall–Kier alpha value is -3.72. The zero-order valence-corrected chi connectivity index (χ0v) is 19.2. The number of hydrogen-bond acceptors (Lipinski definition) is 7. The van der Waals surface area contributed by atoms with E-state index in [2.05, 4.69) is 4.98 Å². The fourth-order valence-corrected chi connectivity index (χ4v) is 4.63. The number of thiazole rings is 1. The molecular formula is C24H21FN2O5S. The van der Waals surface area contributed by atoms with Crippen LogP contribution < -0.4 is 14.4 Å². The van der Waals surface area contributed by atoms with Crippen LogP contribution in [0.15, 0.2) is 48.0 Å². The van der Waals surface area contributed by atoms with E-state index in [1.807, 2.05) is 13.8 Å². The number of carbonyl (C=O) groups excluding carboxylic acids is 2. The summed E-state index contributed by atoms with van der Waals surface area (Å²) in [5, 5.41) is 11.4. The number of halogens is 1. The molecule has 0 unspecified atom stereocenters. The second-order valence-corrected chi connectivity index (χ2v) is 8.61. The number of methoxy groups -OCH3 is 2. The first-order valence-electron chi connectivity index (χ1n) is 9.99. The van der Waals surface area contributed by atoms with Gasteiger partial charge in [0.25, 0.3) is 5.78 Å². The van der Waals surface area contributed by atoms with Crippen LogP contribution in [0.3, 0.4) is 0 Å². The topological polar surface area (TPSA) is 89.0 Å². The Labute approximate surface area is 193 Å². The Balaban J connectivity index is 1.97. The first kappa shape index (κ1) is 22.5. The predicted octanol–water partition coefficient (Wildman–Crippen LogP) is 4.54. The molecule has 1 N–H and O–H groups in total. The van der Waals surface area contributed by atoms with Gasteiger partial charge in [0.15, 0.2) is 16.6 Å². The molecule has 0 saturated carbocycles. The molecule has 4 rings (SSSR count). The molecule has 1 amide bonds. The number of amides is 1. The fourth-order valence-electron chi connectivity index (χ4n) is 3.69. The van der Waals surface area contributed by atoms with Crippen LogP contribution in [0.4, 0.5) is 9.52 Å². The smallest absolute Gasteiger partial charge is 0.301 e. The largest absolute Gasteiger partial charge is 0.507 e. The van der Waals surface area contributed by atoms with Gasteiger partial charge in [-0.1, -0.05) is 6.07 Å². The third kappa shape index (κ3) is 3.84. The van der Waals surface area contributed by atoms with Gasteiger partial charge in [0.05, 0.1) is 31.5 Å². The Morgan fingerprint density at radius 2 is 1.73 bits per heavy atom. The molecule has 1 saturated heterocycles. The first-order chi connectivity index (χ1) is 15.8. The zero-order valence-electron chi connectivity index (χ0n) is 18.4. The number of ketones is 1. The Morgan fingerprint density at radius 1 is 1.06 bits per heavy atom. The molecule has 2 heterocycles. The average Bonchev–Trinajstić information content (AvgIpc) is 3.28. The van der Waals surface area contributed by atoms with Crippen molar-refractivity contribution in [1.82, 2.24) is 4.98 Å². The Kier molecular flexibility index (Phi) is 5.90. The molecule has 2 aromatic carbocycles. The Bertz CT molecular complexity index is 1260. The number of anilines is 1. The molecule has 7 nitrogen and oxygen atoms in total. The van der Waals surface area contributed by atoms with Crippen LogP contribution >= 0.6 is 11.3 Å². The molecule has 1 aliphatic rings. The molecule has 1 fully saturated rings. The third-order valence-electron chi connectivity index (χ3n) is 5.51. The van der Waals surface area contributed by atoms with Gasteiger partial charge >= 0.3 is 5.91 Å². The molecule has 1 atom stereocenters. The minimum atomic E-state index is -0.972. The minimum absolute atomic E-state index is 0.121. The van der Waals surface area contributed by atoms with Gasteiger partial charge < -0.3 is 14.6 Å². The molecule has 1 aliphatic heterocycles. The molecule has 1 aromatic heterocycles. The summed E-state index contributed by atoms with van der Waals surface area (Å²) in [7, 11) is 2.98. The maximum Gasteiger partial charge on any atom is 0.301 e. The number of hydrogen-bond donors (Lipinski definition) is 1. The molecule has 3 aromatic rings. The van der Waals surface area contributed by atoms with Gasteiger partial charge in [0.2, 0.25) is 0 Å². The van der Waals surface area contributed by atoms with Crippen molar-refractivity contribution in [2.75, 3.05) is 19.1 Å². The number of aliphatic hydroxyl groups excluding tert-OH is 1. The quantitative estimate of drug-likeness (QED) is 0.336. The van der Waals surface area contributed by atoms with E-state index in [4.69, 9.17) is 9.47 Å². The maximum atomic E-state index is 13.4. The lowest BCUT2D eigenvalue weighted by atomic mass is 9.95. The van der Waals surface area contributed by atoms with Crippen molar-refractivity contribution in [3.8, 4) is 11.5 Å². The molecule has 33 heavy (non-hydrogen) atoms. The van der Waals surface area contributed by atoms with Crippen LogP contribution in [0.1, 0.15) is 27.7 Å². The zero-order chi connectivity index (χ0) is 23.9. The SMILES string of the molecule is COc1ccc([C@H]2/C(=C(\O)c3ccc(F)cc3)C(=O)C(=O)N2c2nc(C)c(C)s2)cc1OC. The van der Waals surface area contributed by atoms with E-state index in [9.17, 15) is 19.1 Å². The normalized spacial score (nSPS) is 17.5. The number of benzene rings is 2. The number of ether oxygens (including phenoxy) is 2. The minimum Gasteiger partial charge on any atom is -0.507 e.